The number of amides is 1. The molecule has 5 heteroatoms. The first kappa shape index (κ1) is 12.9. The van der Waals surface area contributed by atoms with Crippen molar-refractivity contribution >= 4 is 33.4 Å². The van der Waals surface area contributed by atoms with E-state index in [0.29, 0.717) is 15.1 Å². The molecular weight excluding hydrogens is 304 g/mol. The second-order valence-corrected chi connectivity index (χ2v) is 5.35. The summed E-state index contributed by atoms with van der Waals surface area (Å²) in [5, 5.41) is 3.83. The zero-order chi connectivity index (χ0) is 12.4. The van der Waals surface area contributed by atoms with Gasteiger partial charge in [-0.15, -0.1) is 0 Å². The molecule has 0 radical (unpaired) electrons. The Kier molecular flexibility index (Phi) is 4.07. The summed E-state index contributed by atoms with van der Waals surface area (Å²) in [5.74, 6) is 0.0355. The van der Waals surface area contributed by atoms with E-state index in [1.54, 1.807) is 18.2 Å². The van der Waals surface area contributed by atoms with Crippen molar-refractivity contribution in [2.24, 2.45) is 0 Å². The Morgan fingerprint density at radius 2 is 2.35 bits per heavy atom. The zero-order valence-corrected chi connectivity index (χ0v) is 11.9. The molecule has 1 saturated heterocycles. The van der Waals surface area contributed by atoms with Gasteiger partial charge in [-0.25, -0.2) is 0 Å². The largest absolute Gasteiger partial charge is 0.333 e. The molecule has 1 N–H and O–H groups in total. The number of carbonyl (C=O) groups is 1. The van der Waals surface area contributed by atoms with E-state index in [0.717, 1.165) is 19.6 Å². The Hall–Kier alpha value is -0.580. The third-order valence-electron chi connectivity index (χ3n) is 2.94. The highest BCUT2D eigenvalue weighted by molar-refractivity contribution is 9.10. The van der Waals surface area contributed by atoms with Crippen molar-refractivity contribution in [3.63, 3.8) is 0 Å². The zero-order valence-electron chi connectivity index (χ0n) is 9.54. The molecule has 1 unspecified atom stereocenters. The molecule has 92 valence electrons. The second kappa shape index (κ2) is 5.38. The average Bonchev–Trinajstić information content (AvgIpc) is 2.32. The molecule has 1 aliphatic heterocycles. The maximum atomic E-state index is 12.4. The van der Waals surface area contributed by atoms with E-state index in [1.807, 2.05) is 11.8 Å². The third-order valence-corrected chi connectivity index (χ3v) is 4.34. The van der Waals surface area contributed by atoms with Crippen LogP contribution in [0.4, 0.5) is 0 Å². The van der Waals surface area contributed by atoms with Crippen molar-refractivity contribution in [3.8, 4) is 0 Å². The molecule has 1 fully saturated rings. The minimum absolute atomic E-state index is 0.0355. The lowest BCUT2D eigenvalue weighted by Gasteiger charge is -2.34. The van der Waals surface area contributed by atoms with Gasteiger partial charge in [-0.05, 0) is 35.0 Å². The Morgan fingerprint density at radius 3 is 3.06 bits per heavy atom. The molecule has 0 aliphatic carbocycles. The number of benzene rings is 1. The molecule has 0 aromatic heterocycles. The van der Waals surface area contributed by atoms with Gasteiger partial charge in [0.1, 0.15) is 0 Å². The predicted molar refractivity (Wildman–Crippen MR) is 72.5 cm³/mol. The van der Waals surface area contributed by atoms with Crippen molar-refractivity contribution in [1.82, 2.24) is 10.2 Å². The van der Waals surface area contributed by atoms with E-state index in [-0.39, 0.29) is 11.9 Å². The lowest BCUT2D eigenvalue weighted by atomic mass is 10.1. The summed E-state index contributed by atoms with van der Waals surface area (Å²) in [6.07, 6.45) is 0. The van der Waals surface area contributed by atoms with Crippen molar-refractivity contribution in [2.75, 3.05) is 19.6 Å². The van der Waals surface area contributed by atoms with Gasteiger partial charge < -0.3 is 10.2 Å². The van der Waals surface area contributed by atoms with E-state index in [9.17, 15) is 4.79 Å². The van der Waals surface area contributed by atoms with Crippen LogP contribution in [0.25, 0.3) is 0 Å². The van der Waals surface area contributed by atoms with E-state index < -0.39 is 0 Å². The lowest BCUT2D eigenvalue weighted by molar-refractivity contribution is 0.0655. The number of halogens is 2. The van der Waals surface area contributed by atoms with E-state index in [1.165, 1.54) is 0 Å². The molecule has 0 saturated carbocycles. The van der Waals surface area contributed by atoms with Crippen molar-refractivity contribution in [3.05, 3.63) is 33.3 Å². The number of carbonyl (C=O) groups excluding carboxylic acids is 1. The number of hydrogen-bond donors (Lipinski definition) is 1. The minimum Gasteiger partial charge on any atom is -0.333 e. The topological polar surface area (TPSA) is 32.3 Å². The van der Waals surface area contributed by atoms with Gasteiger partial charge in [-0.3, -0.25) is 4.79 Å². The van der Waals surface area contributed by atoms with Crippen molar-refractivity contribution < 1.29 is 4.79 Å². The van der Waals surface area contributed by atoms with Gasteiger partial charge in [0, 0.05) is 30.1 Å². The summed E-state index contributed by atoms with van der Waals surface area (Å²) in [4.78, 5) is 14.3. The fourth-order valence-corrected chi connectivity index (χ4v) is 2.57. The SMILES string of the molecule is CC1CNCCN1C(=O)c1cccc(Cl)c1Br. The molecule has 1 aliphatic rings. The molecule has 1 amide bonds. The third kappa shape index (κ3) is 2.64. The summed E-state index contributed by atoms with van der Waals surface area (Å²) in [5.41, 5.74) is 0.631. The van der Waals surface area contributed by atoms with Crippen LogP contribution in [-0.2, 0) is 0 Å². The molecule has 1 heterocycles. The number of rotatable bonds is 1. The van der Waals surface area contributed by atoms with Crippen molar-refractivity contribution in [1.29, 1.82) is 0 Å². The van der Waals surface area contributed by atoms with Crippen LogP contribution < -0.4 is 5.32 Å². The molecule has 1 atom stereocenters. The van der Waals surface area contributed by atoms with Gasteiger partial charge in [0.05, 0.1) is 10.6 Å². The van der Waals surface area contributed by atoms with Crippen LogP contribution in [0.1, 0.15) is 17.3 Å². The minimum atomic E-state index is 0.0355. The monoisotopic (exact) mass is 316 g/mol. The van der Waals surface area contributed by atoms with Crippen LogP contribution in [0.2, 0.25) is 5.02 Å². The summed E-state index contributed by atoms with van der Waals surface area (Å²) in [6.45, 7) is 4.46. The first-order valence-corrected chi connectivity index (χ1v) is 6.74. The quantitative estimate of drug-likeness (QED) is 0.863. The first-order chi connectivity index (χ1) is 8.11. The number of nitrogens with zero attached hydrogens (tertiary/aromatic N) is 1. The predicted octanol–water partition coefficient (Wildman–Crippen LogP) is 2.54. The number of piperazine rings is 1. The molecule has 3 nitrogen and oxygen atoms in total. The first-order valence-electron chi connectivity index (χ1n) is 5.57. The number of nitrogens with one attached hydrogen (secondary N) is 1. The van der Waals surface area contributed by atoms with Gasteiger partial charge in [0.25, 0.3) is 5.91 Å². The summed E-state index contributed by atoms with van der Waals surface area (Å²) in [6, 6.07) is 5.58. The highest BCUT2D eigenvalue weighted by Crippen LogP contribution is 2.27. The standard InChI is InChI=1S/C12H14BrClN2O/c1-8-7-15-5-6-16(8)12(17)9-3-2-4-10(14)11(9)13/h2-4,8,15H,5-7H2,1H3. The van der Waals surface area contributed by atoms with Crippen LogP contribution in [0.15, 0.2) is 22.7 Å². The Morgan fingerprint density at radius 1 is 1.59 bits per heavy atom. The van der Waals surface area contributed by atoms with E-state index in [2.05, 4.69) is 21.2 Å². The lowest BCUT2D eigenvalue weighted by Crippen LogP contribution is -2.52. The maximum Gasteiger partial charge on any atom is 0.255 e. The number of hydrogen-bond acceptors (Lipinski definition) is 2. The normalized spacial score (nSPS) is 20.4. The van der Waals surface area contributed by atoms with E-state index >= 15 is 0 Å². The smallest absolute Gasteiger partial charge is 0.255 e. The Balaban J connectivity index is 2.27. The highest BCUT2D eigenvalue weighted by Gasteiger charge is 2.25. The molecule has 1 aromatic rings. The molecule has 2 rings (SSSR count). The Labute approximate surface area is 114 Å². The van der Waals surface area contributed by atoms with E-state index in [4.69, 9.17) is 11.6 Å². The second-order valence-electron chi connectivity index (χ2n) is 4.15. The Bertz CT molecular complexity index is 439. The van der Waals surface area contributed by atoms with Gasteiger partial charge in [0.2, 0.25) is 0 Å². The van der Waals surface area contributed by atoms with Crippen LogP contribution in [0.5, 0.6) is 0 Å². The fraction of sp³-hybridized carbons (Fsp3) is 0.417. The summed E-state index contributed by atoms with van der Waals surface area (Å²) in [7, 11) is 0. The molecule has 17 heavy (non-hydrogen) atoms. The summed E-state index contributed by atoms with van der Waals surface area (Å²) >= 11 is 9.38. The average molecular weight is 318 g/mol. The molecular formula is C12H14BrClN2O. The van der Waals surface area contributed by atoms with Crippen molar-refractivity contribution in [2.45, 2.75) is 13.0 Å². The summed E-state index contributed by atoms with van der Waals surface area (Å²) < 4.78 is 0.678. The van der Waals surface area contributed by atoms with Gasteiger partial charge in [0.15, 0.2) is 0 Å². The van der Waals surface area contributed by atoms with Gasteiger partial charge >= 0.3 is 0 Å². The van der Waals surface area contributed by atoms with Gasteiger partial charge in [-0.1, -0.05) is 17.7 Å². The van der Waals surface area contributed by atoms with Gasteiger partial charge in [-0.2, -0.15) is 0 Å². The highest BCUT2D eigenvalue weighted by atomic mass is 79.9. The van der Waals surface area contributed by atoms with Crippen LogP contribution >= 0.6 is 27.5 Å². The maximum absolute atomic E-state index is 12.4. The molecule has 0 spiro atoms. The van der Waals surface area contributed by atoms with Crippen LogP contribution in [0, 0.1) is 0 Å². The van der Waals surface area contributed by atoms with Crippen LogP contribution in [-0.4, -0.2) is 36.5 Å². The van der Waals surface area contributed by atoms with Crippen LogP contribution in [0.3, 0.4) is 0 Å². The molecule has 1 aromatic carbocycles. The fourth-order valence-electron chi connectivity index (χ4n) is 1.97. The molecule has 0 bridgehead atoms.